The molecular formula is C15H11MgNO6. The summed E-state index contributed by atoms with van der Waals surface area (Å²) in [5.74, 6) is -2.72. The van der Waals surface area contributed by atoms with Gasteiger partial charge in [-0.2, -0.15) is 0 Å². The number of hydrogen-bond acceptors (Lipinski definition) is 6. The van der Waals surface area contributed by atoms with E-state index in [1.807, 2.05) is 0 Å². The number of benzene rings is 2. The van der Waals surface area contributed by atoms with Crippen molar-refractivity contribution < 1.29 is 24.7 Å². The van der Waals surface area contributed by atoms with E-state index in [1.165, 1.54) is 25.1 Å². The quantitative estimate of drug-likeness (QED) is 0.340. The number of carboxylic acids is 2. The van der Waals surface area contributed by atoms with E-state index in [2.05, 4.69) is 6.58 Å². The number of rotatable bonds is 3. The van der Waals surface area contributed by atoms with Gasteiger partial charge in [0.2, 0.25) is 0 Å². The Bertz CT molecular complexity index is 760. The van der Waals surface area contributed by atoms with E-state index in [0.717, 1.165) is 0 Å². The molecule has 0 aliphatic carbocycles. The number of nitrogens with zero attached hydrogens (tertiary/aromatic N) is 1. The Hall–Kier alpha value is -2.45. The van der Waals surface area contributed by atoms with Gasteiger partial charge in [0.25, 0.3) is 5.69 Å². The molecular weight excluding hydrogens is 314 g/mol. The second-order valence-electron chi connectivity index (χ2n) is 4.29. The van der Waals surface area contributed by atoms with Gasteiger partial charge in [-0.3, -0.25) is 10.1 Å². The Morgan fingerprint density at radius 2 is 1.61 bits per heavy atom. The fourth-order valence-corrected chi connectivity index (χ4v) is 1.63. The molecule has 0 aliphatic heterocycles. The average Bonchev–Trinajstić information content (AvgIpc) is 2.46. The summed E-state index contributed by atoms with van der Waals surface area (Å²) in [6.45, 7) is 4.48. The summed E-state index contributed by atoms with van der Waals surface area (Å²) in [5, 5.41) is 32.0. The summed E-state index contributed by atoms with van der Waals surface area (Å²) >= 11 is 0. The van der Waals surface area contributed by atoms with Gasteiger partial charge < -0.3 is 19.8 Å². The molecule has 0 atom stereocenters. The van der Waals surface area contributed by atoms with E-state index in [1.54, 1.807) is 18.2 Å². The van der Waals surface area contributed by atoms with Crippen molar-refractivity contribution in [2.75, 3.05) is 0 Å². The van der Waals surface area contributed by atoms with Crippen LogP contribution in [-0.4, -0.2) is 39.9 Å². The molecule has 2 aromatic rings. The summed E-state index contributed by atoms with van der Waals surface area (Å²) in [6, 6.07) is 9.25. The molecule has 0 unspecified atom stereocenters. The monoisotopic (exact) mass is 325 g/mol. The summed E-state index contributed by atoms with van der Waals surface area (Å²) in [7, 11) is 0. The molecule has 114 valence electrons. The number of aliphatic carboxylic acids is 1. The Balaban J connectivity index is 0.000000599. The molecule has 8 heteroatoms. The SMILES string of the molecule is C=C(C)C(=O)[O-].O=C([O-])c1c([N+](=O)[O-])ccc2ccccc12.[Mg+2]. The van der Waals surface area contributed by atoms with Crippen molar-refractivity contribution in [1.29, 1.82) is 0 Å². The number of carbonyl (C=O) groups excluding carboxylic acids is 2. The van der Waals surface area contributed by atoms with Gasteiger partial charge in [-0.1, -0.05) is 30.8 Å². The van der Waals surface area contributed by atoms with Gasteiger partial charge in [-0.15, -0.1) is 0 Å². The maximum Gasteiger partial charge on any atom is 2.00 e. The molecule has 0 spiro atoms. The van der Waals surface area contributed by atoms with Crippen molar-refractivity contribution in [3.8, 4) is 0 Å². The van der Waals surface area contributed by atoms with Gasteiger partial charge in [0, 0.05) is 6.07 Å². The van der Waals surface area contributed by atoms with E-state index in [-0.39, 0.29) is 34.2 Å². The topological polar surface area (TPSA) is 123 Å². The van der Waals surface area contributed by atoms with Crippen LogP contribution >= 0.6 is 0 Å². The van der Waals surface area contributed by atoms with Crippen LogP contribution in [0.15, 0.2) is 48.6 Å². The zero-order chi connectivity index (χ0) is 16.9. The minimum absolute atomic E-state index is 0. The smallest absolute Gasteiger partial charge is 0.545 e. The standard InChI is InChI=1S/C11H7NO4.C4H6O2.Mg/c13-11(14)10-8-4-2-1-3-7(8)5-6-9(10)12(15)16;1-3(2)4(5)6;/h1-6H,(H,13,14);1H2,2H3,(H,5,6);/q;;+2/p-2. The van der Waals surface area contributed by atoms with Gasteiger partial charge in [0.15, 0.2) is 0 Å². The van der Waals surface area contributed by atoms with Crippen LogP contribution in [0.1, 0.15) is 17.3 Å². The third kappa shape index (κ3) is 5.35. The third-order valence-electron chi connectivity index (χ3n) is 2.66. The van der Waals surface area contributed by atoms with Crippen molar-refractivity contribution in [1.82, 2.24) is 0 Å². The zero-order valence-electron chi connectivity index (χ0n) is 12.3. The van der Waals surface area contributed by atoms with Crippen molar-refractivity contribution >= 4 is 51.5 Å². The molecule has 0 bridgehead atoms. The maximum absolute atomic E-state index is 10.9. The summed E-state index contributed by atoms with van der Waals surface area (Å²) < 4.78 is 0. The van der Waals surface area contributed by atoms with E-state index in [4.69, 9.17) is 0 Å². The molecule has 0 aliphatic rings. The van der Waals surface area contributed by atoms with Crippen molar-refractivity contribution in [3.05, 3.63) is 64.2 Å². The molecule has 0 heterocycles. The molecule has 0 aromatic heterocycles. The van der Waals surface area contributed by atoms with E-state index < -0.39 is 22.5 Å². The summed E-state index contributed by atoms with van der Waals surface area (Å²) in [5.41, 5.74) is -0.753. The largest absolute Gasteiger partial charge is 2.00 e. The fourth-order valence-electron chi connectivity index (χ4n) is 1.63. The van der Waals surface area contributed by atoms with Crippen LogP contribution in [0.4, 0.5) is 5.69 Å². The number of carbonyl (C=O) groups is 2. The third-order valence-corrected chi connectivity index (χ3v) is 2.66. The second-order valence-corrected chi connectivity index (χ2v) is 4.29. The van der Waals surface area contributed by atoms with Gasteiger partial charge in [0.1, 0.15) is 0 Å². The minimum atomic E-state index is -1.54. The Morgan fingerprint density at radius 3 is 2.04 bits per heavy atom. The first kappa shape index (κ1) is 20.5. The van der Waals surface area contributed by atoms with Crippen molar-refractivity contribution in [2.24, 2.45) is 0 Å². The Morgan fingerprint density at radius 1 is 1.09 bits per heavy atom. The Kier molecular flexibility index (Phi) is 7.92. The Labute approximate surface area is 147 Å². The normalized spacial score (nSPS) is 9.09. The van der Waals surface area contributed by atoms with Gasteiger partial charge >= 0.3 is 23.1 Å². The molecule has 0 saturated carbocycles. The molecule has 0 radical (unpaired) electrons. The van der Waals surface area contributed by atoms with Crippen LogP contribution in [0.25, 0.3) is 10.8 Å². The molecule has 7 nitrogen and oxygen atoms in total. The fraction of sp³-hybridized carbons (Fsp3) is 0.0667. The minimum Gasteiger partial charge on any atom is -0.545 e. The zero-order valence-corrected chi connectivity index (χ0v) is 13.7. The second kappa shape index (κ2) is 8.86. The van der Waals surface area contributed by atoms with Gasteiger partial charge in [-0.25, -0.2) is 0 Å². The van der Waals surface area contributed by atoms with E-state index in [9.17, 15) is 29.9 Å². The van der Waals surface area contributed by atoms with E-state index >= 15 is 0 Å². The molecule has 0 N–H and O–H groups in total. The predicted molar refractivity (Wildman–Crippen MR) is 80.5 cm³/mol. The number of aromatic carboxylic acids is 1. The number of fused-ring (bicyclic) bond motifs is 1. The molecule has 2 rings (SSSR count). The number of hydrogen-bond donors (Lipinski definition) is 0. The molecule has 0 fully saturated rings. The first-order valence-electron chi connectivity index (χ1n) is 6.00. The van der Waals surface area contributed by atoms with E-state index in [0.29, 0.717) is 10.8 Å². The average molecular weight is 326 g/mol. The predicted octanol–water partition coefficient (Wildman–Crippen LogP) is 0.0431. The van der Waals surface area contributed by atoms with Crippen LogP contribution in [0, 0.1) is 10.1 Å². The van der Waals surface area contributed by atoms with Gasteiger partial charge in [0.05, 0.1) is 22.4 Å². The van der Waals surface area contributed by atoms with Gasteiger partial charge in [-0.05, 0) is 29.3 Å². The van der Waals surface area contributed by atoms with Crippen LogP contribution in [0.3, 0.4) is 0 Å². The summed E-state index contributed by atoms with van der Waals surface area (Å²) in [4.78, 5) is 30.4. The maximum atomic E-state index is 10.9. The molecule has 0 amide bonds. The van der Waals surface area contributed by atoms with Crippen LogP contribution in [0.2, 0.25) is 0 Å². The van der Waals surface area contributed by atoms with Crippen molar-refractivity contribution in [2.45, 2.75) is 6.92 Å². The van der Waals surface area contributed by atoms with Crippen LogP contribution in [-0.2, 0) is 4.79 Å². The molecule has 23 heavy (non-hydrogen) atoms. The molecule has 0 saturated heterocycles. The first-order chi connectivity index (χ1) is 10.3. The van der Waals surface area contributed by atoms with Crippen LogP contribution < -0.4 is 10.2 Å². The number of nitro benzene ring substituents is 1. The summed E-state index contributed by atoms with van der Waals surface area (Å²) in [6.07, 6.45) is 0. The number of carboxylic acid groups (broad SMARTS) is 2. The van der Waals surface area contributed by atoms with Crippen LogP contribution in [0.5, 0.6) is 0 Å². The molecule has 2 aromatic carbocycles. The van der Waals surface area contributed by atoms with Crippen molar-refractivity contribution in [3.63, 3.8) is 0 Å². The first-order valence-corrected chi connectivity index (χ1v) is 6.00. The number of nitro groups is 1.